The highest BCUT2D eigenvalue weighted by molar-refractivity contribution is 6.31. The third-order valence-electron chi connectivity index (χ3n) is 5.63. The molecule has 3 nitrogen and oxygen atoms in total. The number of fused-ring (bicyclic) bond motifs is 1. The Bertz CT molecular complexity index is 1020. The highest BCUT2D eigenvalue weighted by Crippen LogP contribution is 2.31. The summed E-state index contributed by atoms with van der Waals surface area (Å²) in [5.74, 6) is 0.933. The molecule has 1 saturated carbocycles. The number of nitrogens with zero attached hydrogens (tertiary/aromatic N) is 2. The van der Waals surface area contributed by atoms with E-state index in [1.807, 2.05) is 24.4 Å². The first-order valence-corrected chi connectivity index (χ1v) is 10.6. The first-order valence-electron chi connectivity index (χ1n) is 10.2. The van der Waals surface area contributed by atoms with Crippen LogP contribution in [0.15, 0.2) is 42.6 Å². The summed E-state index contributed by atoms with van der Waals surface area (Å²) in [5.41, 5.74) is 3.62. The molecule has 1 aromatic heterocycles. The number of hydrogen-bond donors (Lipinski definition) is 0. The molecule has 1 fully saturated rings. The molecule has 0 radical (unpaired) electrons. The van der Waals surface area contributed by atoms with E-state index in [2.05, 4.69) is 35.8 Å². The Morgan fingerprint density at radius 3 is 2.75 bits per heavy atom. The van der Waals surface area contributed by atoms with Crippen LogP contribution in [-0.2, 0) is 6.42 Å². The fourth-order valence-electron chi connectivity index (χ4n) is 4.09. The van der Waals surface area contributed by atoms with Gasteiger partial charge in [-0.2, -0.15) is 5.26 Å². The van der Waals surface area contributed by atoms with Crippen molar-refractivity contribution < 1.29 is 4.74 Å². The lowest BCUT2D eigenvalue weighted by Gasteiger charge is -2.14. The molecule has 0 spiro atoms. The van der Waals surface area contributed by atoms with E-state index in [0.29, 0.717) is 16.7 Å². The number of hydrogen-bond acceptors (Lipinski definition) is 2. The smallest absolute Gasteiger partial charge is 0.120 e. The number of ether oxygens (including phenoxy) is 1. The van der Waals surface area contributed by atoms with Crippen molar-refractivity contribution in [3.8, 4) is 17.5 Å². The maximum absolute atomic E-state index is 9.62. The van der Waals surface area contributed by atoms with Crippen LogP contribution < -0.4 is 4.74 Å². The lowest BCUT2D eigenvalue weighted by Crippen LogP contribution is -2.10. The maximum atomic E-state index is 9.62. The van der Waals surface area contributed by atoms with Gasteiger partial charge in [-0.25, -0.2) is 0 Å². The standard InChI is InChI=1S/C24H25ClN2O/c1-2-3-8-22-18(16-26)13-19(15-23(22)25)27-12-11-17-14-21(9-10-24(17)27)28-20-6-4-5-7-20/h9-15,20H,2-8H2,1H3. The summed E-state index contributed by atoms with van der Waals surface area (Å²) < 4.78 is 8.22. The first kappa shape index (κ1) is 18.9. The van der Waals surface area contributed by atoms with Crippen molar-refractivity contribution in [2.24, 2.45) is 0 Å². The topological polar surface area (TPSA) is 38.0 Å². The van der Waals surface area contributed by atoms with E-state index in [9.17, 15) is 5.26 Å². The van der Waals surface area contributed by atoms with Gasteiger partial charge in [0.2, 0.25) is 0 Å². The highest BCUT2D eigenvalue weighted by Gasteiger charge is 2.17. The second-order valence-corrected chi connectivity index (χ2v) is 8.01. The van der Waals surface area contributed by atoms with Gasteiger partial charge in [0.05, 0.1) is 23.3 Å². The molecule has 4 heteroatoms. The summed E-state index contributed by atoms with van der Waals surface area (Å²) in [5, 5.41) is 11.4. The largest absolute Gasteiger partial charge is 0.490 e. The summed E-state index contributed by atoms with van der Waals surface area (Å²) in [6, 6.07) is 14.6. The number of nitriles is 1. The van der Waals surface area contributed by atoms with Crippen molar-refractivity contribution in [2.45, 2.75) is 58.0 Å². The van der Waals surface area contributed by atoms with Crippen molar-refractivity contribution in [1.82, 2.24) is 4.57 Å². The van der Waals surface area contributed by atoms with Gasteiger partial charge in [-0.15, -0.1) is 0 Å². The van der Waals surface area contributed by atoms with E-state index in [0.717, 1.165) is 60.0 Å². The molecule has 4 rings (SSSR count). The van der Waals surface area contributed by atoms with E-state index in [-0.39, 0.29) is 0 Å². The fourth-order valence-corrected chi connectivity index (χ4v) is 4.39. The Hall–Kier alpha value is -2.44. The average Bonchev–Trinajstić information content (AvgIpc) is 3.36. The Balaban J connectivity index is 1.67. The predicted octanol–water partition coefficient (Wildman–Crippen LogP) is 6.82. The molecule has 2 aromatic carbocycles. The summed E-state index contributed by atoms with van der Waals surface area (Å²) in [6.07, 6.45) is 10.2. The van der Waals surface area contributed by atoms with Crippen molar-refractivity contribution >= 4 is 22.5 Å². The van der Waals surface area contributed by atoms with Crippen molar-refractivity contribution in [2.75, 3.05) is 0 Å². The SMILES string of the molecule is CCCCc1c(Cl)cc(-n2ccc3cc(OC4CCCC4)ccc32)cc1C#N. The number of unbranched alkanes of at least 4 members (excludes halogenated alkanes) is 1. The zero-order valence-corrected chi connectivity index (χ0v) is 17.0. The van der Waals surface area contributed by atoms with Gasteiger partial charge in [-0.3, -0.25) is 0 Å². The van der Waals surface area contributed by atoms with Crippen LogP contribution in [0.5, 0.6) is 5.75 Å². The minimum absolute atomic E-state index is 0.354. The Morgan fingerprint density at radius 1 is 1.18 bits per heavy atom. The van der Waals surface area contributed by atoms with Gasteiger partial charge in [-0.05, 0) is 80.5 Å². The molecular formula is C24H25ClN2O. The molecule has 0 N–H and O–H groups in total. The lowest BCUT2D eigenvalue weighted by atomic mass is 10.0. The molecule has 0 saturated heterocycles. The number of benzene rings is 2. The van der Waals surface area contributed by atoms with E-state index >= 15 is 0 Å². The van der Waals surface area contributed by atoms with Gasteiger partial charge in [-0.1, -0.05) is 24.9 Å². The van der Waals surface area contributed by atoms with Crippen LogP contribution in [0.2, 0.25) is 5.02 Å². The van der Waals surface area contributed by atoms with E-state index < -0.39 is 0 Å². The van der Waals surface area contributed by atoms with E-state index in [1.165, 1.54) is 12.8 Å². The zero-order valence-electron chi connectivity index (χ0n) is 16.2. The minimum Gasteiger partial charge on any atom is -0.490 e. The van der Waals surface area contributed by atoms with Gasteiger partial charge in [0.25, 0.3) is 0 Å². The maximum Gasteiger partial charge on any atom is 0.120 e. The highest BCUT2D eigenvalue weighted by atomic mass is 35.5. The normalized spacial score (nSPS) is 14.5. The first-order chi connectivity index (χ1) is 13.7. The number of halogens is 1. The summed E-state index contributed by atoms with van der Waals surface area (Å²) in [4.78, 5) is 0. The van der Waals surface area contributed by atoms with Gasteiger partial charge in [0.15, 0.2) is 0 Å². The molecule has 0 bridgehead atoms. The third kappa shape index (κ3) is 3.75. The van der Waals surface area contributed by atoms with Crippen LogP contribution in [-0.4, -0.2) is 10.7 Å². The second kappa shape index (κ2) is 8.29. The number of rotatable bonds is 6. The molecule has 0 unspecified atom stereocenters. The molecule has 1 heterocycles. The Labute approximate surface area is 171 Å². The van der Waals surface area contributed by atoms with Crippen LogP contribution in [0.3, 0.4) is 0 Å². The lowest BCUT2D eigenvalue weighted by molar-refractivity contribution is 0.210. The van der Waals surface area contributed by atoms with Crippen LogP contribution in [0.4, 0.5) is 0 Å². The van der Waals surface area contributed by atoms with Gasteiger partial charge >= 0.3 is 0 Å². The second-order valence-electron chi connectivity index (χ2n) is 7.60. The molecule has 1 aliphatic rings. The van der Waals surface area contributed by atoms with Crippen LogP contribution in [0.25, 0.3) is 16.6 Å². The van der Waals surface area contributed by atoms with Crippen LogP contribution in [0, 0.1) is 11.3 Å². The molecule has 0 atom stereocenters. The average molecular weight is 393 g/mol. The molecular weight excluding hydrogens is 368 g/mol. The molecule has 144 valence electrons. The van der Waals surface area contributed by atoms with Crippen molar-refractivity contribution in [3.05, 3.63) is 58.7 Å². The predicted molar refractivity (Wildman–Crippen MR) is 114 cm³/mol. The van der Waals surface area contributed by atoms with Gasteiger partial charge < -0.3 is 9.30 Å². The molecule has 1 aliphatic carbocycles. The van der Waals surface area contributed by atoms with Gasteiger partial charge in [0.1, 0.15) is 5.75 Å². The Morgan fingerprint density at radius 2 is 2.00 bits per heavy atom. The number of aromatic nitrogens is 1. The third-order valence-corrected chi connectivity index (χ3v) is 5.96. The molecule has 3 aromatic rings. The van der Waals surface area contributed by atoms with Gasteiger partial charge in [0, 0.05) is 22.3 Å². The van der Waals surface area contributed by atoms with E-state index in [1.54, 1.807) is 0 Å². The zero-order chi connectivity index (χ0) is 19.5. The molecule has 28 heavy (non-hydrogen) atoms. The Kier molecular flexibility index (Phi) is 5.59. The van der Waals surface area contributed by atoms with Crippen molar-refractivity contribution in [3.63, 3.8) is 0 Å². The summed E-state index contributed by atoms with van der Waals surface area (Å²) in [7, 11) is 0. The van der Waals surface area contributed by atoms with E-state index in [4.69, 9.17) is 16.3 Å². The summed E-state index contributed by atoms with van der Waals surface area (Å²) >= 11 is 6.55. The monoisotopic (exact) mass is 392 g/mol. The minimum atomic E-state index is 0.354. The quantitative estimate of drug-likeness (QED) is 0.461. The van der Waals surface area contributed by atoms with Crippen LogP contribution in [0.1, 0.15) is 56.6 Å². The molecule has 0 amide bonds. The van der Waals surface area contributed by atoms with Crippen LogP contribution >= 0.6 is 11.6 Å². The van der Waals surface area contributed by atoms with Crippen molar-refractivity contribution in [1.29, 1.82) is 5.26 Å². The fraction of sp³-hybridized carbons (Fsp3) is 0.375. The summed E-state index contributed by atoms with van der Waals surface area (Å²) in [6.45, 7) is 2.14. The molecule has 0 aliphatic heterocycles.